The largest absolute Gasteiger partial charge is 0.222 e. The van der Waals surface area contributed by atoms with Crippen LogP contribution < -0.4 is 5.46 Å². The van der Waals surface area contributed by atoms with Crippen molar-refractivity contribution >= 4 is 57.5 Å². The van der Waals surface area contributed by atoms with Crippen molar-refractivity contribution in [3.05, 3.63) is 124 Å². The molecule has 0 spiro atoms. The second-order valence-electron chi connectivity index (χ2n) is 13.6. The zero-order valence-corrected chi connectivity index (χ0v) is 25.8. The van der Waals surface area contributed by atoms with Gasteiger partial charge in [0, 0.05) is 25.9 Å². The van der Waals surface area contributed by atoms with Gasteiger partial charge in [-0.3, -0.25) is 0 Å². The van der Waals surface area contributed by atoms with Gasteiger partial charge in [0.25, 0.3) is 0 Å². The fourth-order valence-electron chi connectivity index (χ4n) is 8.69. The lowest BCUT2D eigenvalue weighted by Gasteiger charge is -2.42. The molecule has 2 aliphatic heterocycles. The first kappa shape index (κ1) is 24.7. The first-order chi connectivity index (χ1) is 19.9. The summed E-state index contributed by atoms with van der Waals surface area (Å²) >= 11 is 4.20. The van der Waals surface area contributed by atoms with Crippen molar-refractivity contribution in [1.29, 1.82) is 0 Å². The minimum atomic E-state index is 0.0286. The molecular formula is C38H33BS2. The molecule has 3 aliphatic carbocycles. The van der Waals surface area contributed by atoms with Crippen molar-refractivity contribution < 1.29 is 0 Å². The van der Waals surface area contributed by atoms with E-state index in [1.54, 1.807) is 27.0 Å². The average molecular weight is 565 g/mol. The summed E-state index contributed by atoms with van der Waals surface area (Å²) in [5, 5.41) is 3.28. The number of hydrogen-bond acceptors (Lipinski definition) is 2. The van der Waals surface area contributed by atoms with Gasteiger partial charge in [0.15, 0.2) is 0 Å². The van der Waals surface area contributed by atoms with Crippen molar-refractivity contribution in [2.45, 2.75) is 72.2 Å². The maximum atomic E-state index is 2.59. The summed E-state index contributed by atoms with van der Waals surface area (Å²) in [6.45, 7) is 10.3. The molecule has 200 valence electrons. The van der Waals surface area contributed by atoms with Crippen LogP contribution in [0.4, 0.5) is 0 Å². The smallest absolute Gasteiger partial charge is 0.122 e. The van der Waals surface area contributed by atoms with Crippen LogP contribution in [0.3, 0.4) is 0 Å². The normalized spacial score (nSPS) is 24.0. The summed E-state index contributed by atoms with van der Waals surface area (Å²) < 4.78 is 0. The molecule has 4 aromatic carbocycles. The Bertz CT molecular complexity index is 1920. The van der Waals surface area contributed by atoms with E-state index in [4.69, 9.17) is 0 Å². The van der Waals surface area contributed by atoms with Crippen molar-refractivity contribution in [2.24, 2.45) is 0 Å². The molecule has 0 nitrogen and oxygen atoms in total. The Morgan fingerprint density at radius 2 is 1.61 bits per heavy atom. The molecule has 0 aromatic heterocycles. The van der Waals surface area contributed by atoms with E-state index < -0.39 is 0 Å². The number of benzene rings is 4. The third-order valence-corrected chi connectivity index (χ3v) is 13.9. The Hall–Kier alpha value is -2.88. The van der Waals surface area contributed by atoms with Crippen molar-refractivity contribution in [2.75, 3.05) is 0 Å². The van der Waals surface area contributed by atoms with Crippen LogP contribution in [0.2, 0.25) is 0 Å². The summed E-state index contributed by atoms with van der Waals surface area (Å²) in [6, 6.07) is 28.5. The first-order valence-electron chi connectivity index (χ1n) is 15.1. The molecule has 0 bridgehead atoms. The van der Waals surface area contributed by atoms with E-state index in [1.165, 1.54) is 42.8 Å². The zero-order chi connectivity index (χ0) is 27.7. The number of hydrogen-bond donors (Lipinski definition) is 0. The summed E-state index contributed by atoms with van der Waals surface area (Å²) in [5.74, 6) is 0.452. The molecule has 9 rings (SSSR count). The maximum absolute atomic E-state index is 2.59. The van der Waals surface area contributed by atoms with Crippen molar-refractivity contribution in [1.82, 2.24) is 0 Å². The summed E-state index contributed by atoms with van der Waals surface area (Å²) in [4.78, 5) is 4.55. The standard InChI is InChI=1S/C38H33BS2/c1-37(2)28-17-9-8-15-25(28)32-35(37)40-30-18-11-19-31-34(30)39(32)33-27-20-23-14-10-16-24(22-12-6-5-7-13-22)26(23)21-29(27)38(3,4)36(33)41-31/h6,8-21,33,36H,5,7H2,1-4H3. The Morgan fingerprint density at radius 1 is 0.805 bits per heavy atom. The average Bonchev–Trinajstić information content (AvgIpc) is 3.35. The highest BCUT2D eigenvalue weighted by Gasteiger charge is 2.58. The van der Waals surface area contributed by atoms with Crippen LogP contribution in [0.25, 0.3) is 21.8 Å². The highest BCUT2D eigenvalue weighted by atomic mass is 32.2. The first-order valence-corrected chi connectivity index (χ1v) is 16.8. The zero-order valence-electron chi connectivity index (χ0n) is 24.1. The lowest BCUT2D eigenvalue weighted by molar-refractivity contribution is 0.528. The maximum Gasteiger partial charge on any atom is 0.222 e. The van der Waals surface area contributed by atoms with Crippen LogP contribution in [0.15, 0.2) is 106 Å². The second-order valence-corrected chi connectivity index (χ2v) is 15.8. The van der Waals surface area contributed by atoms with Gasteiger partial charge in [0.2, 0.25) is 6.71 Å². The predicted molar refractivity (Wildman–Crippen MR) is 180 cm³/mol. The summed E-state index contributed by atoms with van der Waals surface area (Å²) in [7, 11) is 0. The van der Waals surface area contributed by atoms with Crippen LogP contribution in [0, 0.1) is 0 Å². The molecule has 2 atom stereocenters. The van der Waals surface area contributed by atoms with Crippen LogP contribution in [-0.2, 0) is 10.8 Å². The van der Waals surface area contributed by atoms with Gasteiger partial charge < -0.3 is 0 Å². The lowest BCUT2D eigenvalue weighted by Crippen LogP contribution is -2.50. The van der Waals surface area contributed by atoms with Gasteiger partial charge in [0.1, 0.15) is 0 Å². The quantitative estimate of drug-likeness (QED) is 0.211. The minimum absolute atomic E-state index is 0.0286. The second kappa shape index (κ2) is 8.36. The molecule has 0 fully saturated rings. The third-order valence-electron chi connectivity index (χ3n) is 10.6. The van der Waals surface area contributed by atoms with E-state index in [9.17, 15) is 0 Å². The highest BCUT2D eigenvalue weighted by molar-refractivity contribution is 8.04. The monoisotopic (exact) mass is 564 g/mol. The van der Waals surface area contributed by atoms with Gasteiger partial charge in [-0.05, 0) is 91.4 Å². The van der Waals surface area contributed by atoms with Crippen molar-refractivity contribution in [3.63, 3.8) is 0 Å². The van der Waals surface area contributed by atoms with E-state index in [1.807, 2.05) is 11.8 Å². The lowest BCUT2D eigenvalue weighted by atomic mass is 9.30. The fourth-order valence-corrected chi connectivity index (χ4v) is 11.8. The minimum Gasteiger partial charge on any atom is -0.122 e. The van der Waals surface area contributed by atoms with Gasteiger partial charge in [-0.2, -0.15) is 0 Å². The van der Waals surface area contributed by atoms with E-state index in [0.717, 1.165) is 12.8 Å². The molecule has 0 radical (unpaired) electrons. The molecule has 0 saturated heterocycles. The molecule has 0 saturated carbocycles. The topological polar surface area (TPSA) is 0 Å². The van der Waals surface area contributed by atoms with Gasteiger partial charge in [0.05, 0.1) is 0 Å². The predicted octanol–water partition coefficient (Wildman–Crippen LogP) is 9.71. The number of fused-ring (bicyclic) bond motifs is 8. The summed E-state index contributed by atoms with van der Waals surface area (Å²) in [5.41, 5.74) is 12.2. The van der Waals surface area contributed by atoms with E-state index in [2.05, 4.69) is 130 Å². The van der Waals surface area contributed by atoms with E-state index in [0.29, 0.717) is 17.8 Å². The molecule has 5 aliphatic rings. The number of thioether (sulfide) groups is 2. The van der Waals surface area contributed by atoms with E-state index in [-0.39, 0.29) is 10.8 Å². The van der Waals surface area contributed by atoms with Gasteiger partial charge in [-0.1, -0.05) is 118 Å². The van der Waals surface area contributed by atoms with Gasteiger partial charge >= 0.3 is 0 Å². The number of allylic oxidation sites excluding steroid dienone is 5. The Balaban J connectivity index is 1.32. The molecular weight excluding hydrogens is 531 g/mol. The van der Waals surface area contributed by atoms with Crippen LogP contribution >= 0.6 is 23.5 Å². The fraction of sp³-hybridized carbons (Fsp3) is 0.263. The molecule has 41 heavy (non-hydrogen) atoms. The molecule has 0 N–H and O–H groups in total. The van der Waals surface area contributed by atoms with Crippen LogP contribution in [0.5, 0.6) is 0 Å². The summed E-state index contributed by atoms with van der Waals surface area (Å²) in [6.07, 6.45) is 9.37. The Morgan fingerprint density at radius 3 is 2.46 bits per heavy atom. The molecule has 0 amide bonds. The highest BCUT2D eigenvalue weighted by Crippen LogP contribution is 2.63. The SMILES string of the molecule is CC1(C)C2=C(B3c4c(cccc4SC4C3c3cc5cccc(C6=CCCC=C6)c5cc3C4(C)C)S2)c2ccccc21. The van der Waals surface area contributed by atoms with Crippen molar-refractivity contribution in [3.8, 4) is 0 Å². The number of rotatable bonds is 1. The molecule has 2 unspecified atom stereocenters. The van der Waals surface area contributed by atoms with Gasteiger partial charge in [-0.15, -0.1) is 11.8 Å². The van der Waals surface area contributed by atoms with Crippen LogP contribution in [-0.4, -0.2) is 12.0 Å². The molecule has 2 heterocycles. The Kier molecular flexibility index (Phi) is 5.04. The Labute approximate surface area is 252 Å². The van der Waals surface area contributed by atoms with Crippen LogP contribution in [0.1, 0.15) is 74.2 Å². The van der Waals surface area contributed by atoms with Gasteiger partial charge in [-0.25, -0.2) is 0 Å². The third kappa shape index (κ3) is 3.17. The van der Waals surface area contributed by atoms with E-state index >= 15 is 0 Å². The molecule has 3 heteroatoms. The molecule has 4 aromatic rings.